The summed E-state index contributed by atoms with van der Waals surface area (Å²) in [7, 11) is 6.85. The lowest BCUT2D eigenvalue weighted by Gasteiger charge is -2.34. The Morgan fingerprint density at radius 1 is 1.02 bits per heavy atom. The molecule has 1 aliphatic carbocycles. The fourth-order valence-electron chi connectivity index (χ4n) is 4.76. The highest BCUT2D eigenvalue weighted by molar-refractivity contribution is 8.78. The van der Waals surface area contributed by atoms with Gasteiger partial charge in [-0.25, -0.2) is 0 Å². The Morgan fingerprint density at radius 2 is 1.72 bits per heavy atom. The van der Waals surface area contributed by atoms with Crippen molar-refractivity contribution in [2.45, 2.75) is 84.3 Å². The highest BCUT2D eigenvalue weighted by Gasteiger charge is 2.29. The summed E-state index contributed by atoms with van der Waals surface area (Å²) in [4.78, 5) is 61.8. The molecule has 1 saturated carbocycles. The minimum absolute atomic E-state index is 0.0395. The van der Waals surface area contributed by atoms with Crippen LogP contribution < -0.4 is 10.7 Å². The summed E-state index contributed by atoms with van der Waals surface area (Å²) < 4.78 is 11.0. The van der Waals surface area contributed by atoms with Crippen molar-refractivity contribution >= 4 is 45.8 Å². The number of allylic oxidation sites excluding steroid dienone is 1. The average molecular weight is 633 g/mol. The molecule has 1 aromatic carbocycles. The lowest BCUT2D eigenvalue weighted by atomic mass is 9.91. The molecule has 1 fully saturated rings. The van der Waals surface area contributed by atoms with Gasteiger partial charge in [-0.3, -0.25) is 29.2 Å². The zero-order valence-electron chi connectivity index (χ0n) is 25.9. The van der Waals surface area contributed by atoms with Crippen LogP contribution in [0.25, 0.3) is 0 Å². The second-order valence-electron chi connectivity index (χ2n) is 11.3. The Balaban J connectivity index is 1.35. The minimum atomic E-state index is -0.452. The maximum Gasteiger partial charge on any atom is 0.306 e. The van der Waals surface area contributed by atoms with Crippen molar-refractivity contribution in [1.29, 1.82) is 0 Å². The maximum atomic E-state index is 13.0. The van der Waals surface area contributed by atoms with Crippen LogP contribution >= 0.6 is 21.6 Å². The van der Waals surface area contributed by atoms with Gasteiger partial charge in [0.1, 0.15) is 12.8 Å². The van der Waals surface area contributed by atoms with Gasteiger partial charge in [0.25, 0.3) is 5.91 Å². The van der Waals surface area contributed by atoms with Crippen LogP contribution in [0, 0.1) is 5.92 Å². The summed E-state index contributed by atoms with van der Waals surface area (Å²) in [5.74, 6) is 0.686. The van der Waals surface area contributed by atoms with Crippen molar-refractivity contribution in [3.8, 4) is 0 Å². The van der Waals surface area contributed by atoms with E-state index in [1.807, 2.05) is 20.0 Å². The normalized spacial score (nSPS) is 18.1. The molecule has 0 N–H and O–H groups in total. The highest BCUT2D eigenvalue weighted by atomic mass is 33.1. The van der Waals surface area contributed by atoms with Crippen molar-refractivity contribution in [3.05, 3.63) is 45.1 Å². The smallest absolute Gasteiger partial charge is 0.306 e. The SMILES string of the molecule is C/C(=C(\CCOC(=O)CCC(=O)OC1CCC(N(C)C(=O)c2ccc3c(c2)=NCN=3)CC1)SSCCC(C)C)N(C)C=O. The first-order valence-electron chi connectivity index (χ1n) is 14.9. The molecule has 0 saturated heterocycles. The zero-order valence-corrected chi connectivity index (χ0v) is 27.5. The van der Waals surface area contributed by atoms with E-state index in [1.165, 1.54) is 4.90 Å². The van der Waals surface area contributed by atoms with E-state index in [9.17, 15) is 19.2 Å². The molecule has 12 heteroatoms. The quantitative estimate of drug-likeness (QED) is 0.115. The van der Waals surface area contributed by atoms with Crippen LogP contribution in [0.1, 0.15) is 82.5 Å². The number of fused-ring (bicyclic) bond motifs is 1. The van der Waals surface area contributed by atoms with E-state index in [4.69, 9.17) is 9.47 Å². The molecule has 3 rings (SSSR count). The summed E-state index contributed by atoms with van der Waals surface area (Å²) in [5, 5.41) is 1.57. The fourth-order valence-corrected chi connectivity index (χ4v) is 7.56. The lowest BCUT2D eigenvalue weighted by Crippen LogP contribution is -2.41. The van der Waals surface area contributed by atoms with Crippen LogP contribution in [0.2, 0.25) is 0 Å². The average Bonchev–Trinajstić information content (AvgIpc) is 3.48. The summed E-state index contributed by atoms with van der Waals surface area (Å²) in [5.41, 5.74) is 1.43. The molecule has 0 aromatic heterocycles. The molecule has 10 nitrogen and oxygen atoms in total. The fraction of sp³-hybridized carbons (Fsp3) is 0.613. The first kappa shape index (κ1) is 34.6. The first-order chi connectivity index (χ1) is 20.6. The van der Waals surface area contributed by atoms with E-state index in [1.54, 1.807) is 45.7 Å². The Bertz CT molecular complexity index is 1290. The van der Waals surface area contributed by atoms with Crippen molar-refractivity contribution in [2.75, 3.05) is 33.1 Å². The van der Waals surface area contributed by atoms with E-state index in [0.29, 0.717) is 37.4 Å². The van der Waals surface area contributed by atoms with Crippen molar-refractivity contribution in [2.24, 2.45) is 15.9 Å². The minimum Gasteiger partial charge on any atom is -0.465 e. The molecule has 236 valence electrons. The molecule has 0 radical (unpaired) electrons. The number of esters is 2. The maximum absolute atomic E-state index is 13.0. The molecule has 1 aliphatic heterocycles. The summed E-state index contributed by atoms with van der Waals surface area (Å²) >= 11 is 0. The number of hydrogen-bond donors (Lipinski definition) is 0. The van der Waals surface area contributed by atoms with Gasteiger partial charge in [0, 0.05) is 48.5 Å². The Hall–Kier alpha value is -2.86. The molecule has 2 aliphatic rings. The van der Waals surface area contributed by atoms with Crippen molar-refractivity contribution in [1.82, 2.24) is 9.80 Å². The number of benzene rings is 1. The molecule has 1 aromatic rings. The van der Waals surface area contributed by atoms with E-state index in [0.717, 1.165) is 52.7 Å². The van der Waals surface area contributed by atoms with Crippen LogP contribution in [-0.2, 0) is 23.9 Å². The van der Waals surface area contributed by atoms with Crippen LogP contribution in [0.5, 0.6) is 0 Å². The molecule has 2 amide bonds. The highest BCUT2D eigenvalue weighted by Crippen LogP contribution is 2.36. The summed E-state index contributed by atoms with van der Waals surface area (Å²) in [6.45, 7) is 6.83. The molecule has 0 atom stereocenters. The predicted molar refractivity (Wildman–Crippen MR) is 169 cm³/mol. The van der Waals surface area contributed by atoms with E-state index in [2.05, 4.69) is 23.8 Å². The van der Waals surface area contributed by atoms with Gasteiger partial charge in [0.15, 0.2) is 0 Å². The third-order valence-electron chi connectivity index (χ3n) is 7.67. The predicted octanol–water partition coefficient (Wildman–Crippen LogP) is 4.28. The Kier molecular flexibility index (Phi) is 14.0. The van der Waals surface area contributed by atoms with Gasteiger partial charge >= 0.3 is 11.9 Å². The lowest BCUT2D eigenvalue weighted by molar-refractivity contribution is -0.155. The van der Waals surface area contributed by atoms with Crippen LogP contribution in [0.3, 0.4) is 0 Å². The largest absolute Gasteiger partial charge is 0.465 e. The number of ether oxygens (including phenoxy) is 2. The van der Waals surface area contributed by atoms with Crippen molar-refractivity contribution < 1.29 is 28.7 Å². The van der Waals surface area contributed by atoms with E-state index < -0.39 is 11.9 Å². The molecular formula is C31H44N4O6S2. The number of rotatable bonds is 16. The van der Waals surface area contributed by atoms with Gasteiger partial charge in [0.05, 0.1) is 30.2 Å². The van der Waals surface area contributed by atoms with Gasteiger partial charge in [-0.1, -0.05) is 35.4 Å². The first-order valence-corrected chi connectivity index (χ1v) is 17.2. The van der Waals surface area contributed by atoms with Gasteiger partial charge < -0.3 is 19.3 Å². The molecule has 0 unspecified atom stereocenters. The third kappa shape index (κ3) is 11.0. The number of nitrogens with zero attached hydrogens (tertiary/aromatic N) is 4. The molecule has 1 heterocycles. The number of amides is 2. The number of hydrogen-bond acceptors (Lipinski definition) is 10. The summed E-state index contributed by atoms with van der Waals surface area (Å²) in [6, 6.07) is 5.47. The molecule has 0 spiro atoms. The topological polar surface area (TPSA) is 118 Å². The molecule has 0 bridgehead atoms. The Morgan fingerprint density at radius 3 is 2.42 bits per heavy atom. The van der Waals surface area contributed by atoms with Gasteiger partial charge in [-0.2, -0.15) is 0 Å². The van der Waals surface area contributed by atoms with Gasteiger partial charge in [-0.05, 0) is 63.1 Å². The van der Waals surface area contributed by atoms with E-state index in [-0.39, 0.29) is 37.5 Å². The molecule has 43 heavy (non-hydrogen) atoms. The van der Waals surface area contributed by atoms with Crippen molar-refractivity contribution in [3.63, 3.8) is 0 Å². The Labute approximate surface area is 262 Å². The van der Waals surface area contributed by atoms with Crippen LogP contribution in [0.15, 0.2) is 38.8 Å². The monoisotopic (exact) mass is 632 g/mol. The van der Waals surface area contributed by atoms with E-state index >= 15 is 0 Å². The standard InChI is InChI=1S/C31H44N4O6S2/c1-21(2)15-17-42-43-28(22(3)34(4)20-36)14-16-40-29(37)12-13-30(38)41-25-9-7-24(8-10-25)35(5)31(39)23-6-11-26-27(18-23)33-19-32-26/h6,11,18,20-21,24-25H,7-10,12-17,19H2,1-5H3/b28-22-. The molecular weight excluding hydrogens is 588 g/mol. The number of carbonyl (C=O) groups is 4. The summed E-state index contributed by atoms with van der Waals surface area (Å²) in [6.07, 6.45) is 4.83. The third-order valence-corrected chi connectivity index (χ3v) is 10.3. The van der Waals surface area contributed by atoms with Gasteiger partial charge in [-0.15, -0.1) is 0 Å². The zero-order chi connectivity index (χ0) is 31.4. The second kappa shape index (κ2) is 17.4. The second-order valence-corrected chi connectivity index (χ2v) is 13.8. The van der Waals surface area contributed by atoms with Gasteiger partial charge in [0.2, 0.25) is 6.41 Å². The van der Waals surface area contributed by atoms with Crippen LogP contribution in [-0.4, -0.2) is 79.3 Å². The van der Waals surface area contributed by atoms with Crippen LogP contribution in [0.4, 0.5) is 0 Å². The number of carbonyl (C=O) groups excluding carboxylic acids is 4.